The van der Waals surface area contributed by atoms with E-state index in [1.165, 1.54) is 43.1 Å². The molecule has 2 fully saturated rings. The van der Waals surface area contributed by atoms with Crippen LogP contribution in [0.4, 0.5) is 0 Å². The van der Waals surface area contributed by atoms with Gasteiger partial charge in [0.05, 0.1) is 10.2 Å². The van der Waals surface area contributed by atoms with E-state index in [9.17, 15) is 9.59 Å². The maximum absolute atomic E-state index is 12.6. The molecule has 1 aromatic carbocycles. The number of benzene rings is 1. The second-order valence-electron chi connectivity index (χ2n) is 7.30. The summed E-state index contributed by atoms with van der Waals surface area (Å²) in [6, 6.07) is 8.19. The summed E-state index contributed by atoms with van der Waals surface area (Å²) in [6.45, 7) is 0.616. The molecule has 6 heteroatoms. The number of carbonyl (C=O) groups excluding carboxylic acids is 2. The Hall–Kier alpha value is -2.21. The normalized spacial score (nSPS) is 22.7. The number of carbonyl (C=O) groups is 2. The summed E-state index contributed by atoms with van der Waals surface area (Å²) in [5.41, 5.74) is 0.915. The van der Waals surface area contributed by atoms with Gasteiger partial charge in [0.2, 0.25) is 0 Å². The summed E-state index contributed by atoms with van der Waals surface area (Å²) in [5, 5.41) is 0.751. The third-order valence-electron chi connectivity index (χ3n) is 5.57. The van der Waals surface area contributed by atoms with Crippen molar-refractivity contribution in [2.45, 2.75) is 44.6 Å². The van der Waals surface area contributed by atoms with Gasteiger partial charge < -0.3 is 9.64 Å². The summed E-state index contributed by atoms with van der Waals surface area (Å²) in [4.78, 5) is 31.0. The van der Waals surface area contributed by atoms with Crippen molar-refractivity contribution in [3.05, 3.63) is 35.3 Å². The molecule has 1 aliphatic heterocycles. The summed E-state index contributed by atoms with van der Waals surface area (Å²) < 4.78 is 6.27. The number of likely N-dealkylation sites (tertiary alicyclic amines) is 1. The van der Waals surface area contributed by atoms with Crippen LogP contribution in [-0.2, 0) is 14.3 Å². The zero-order valence-electron chi connectivity index (χ0n) is 15.3. The third-order valence-corrected chi connectivity index (χ3v) is 6.58. The molecule has 2 heterocycles. The van der Waals surface area contributed by atoms with E-state index < -0.39 is 5.97 Å². The summed E-state index contributed by atoms with van der Waals surface area (Å²) in [5.74, 6) is 0.0687. The summed E-state index contributed by atoms with van der Waals surface area (Å²) in [6.07, 6.45) is 10.0. The van der Waals surface area contributed by atoms with Crippen molar-refractivity contribution in [3.63, 3.8) is 0 Å². The first-order chi connectivity index (χ1) is 13.2. The Labute approximate surface area is 163 Å². The number of hydrogen-bond donors (Lipinski definition) is 0. The molecule has 2 atom stereocenters. The van der Waals surface area contributed by atoms with E-state index in [0.29, 0.717) is 12.0 Å². The fourth-order valence-electron chi connectivity index (χ4n) is 4.30. The van der Waals surface area contributed by atoms with Gasteiger partial charge >= 0.3 is 5.97 Å². The standard InChI is InChI=1S/C21H24N2O3S/c24-20(23-13-5-7-15-6-1-3-9-17(15)23)14-26-21(25)12-11-19-22-16-8-2-4-10-18(16)27-19/h2,4,8,10-12,15,17H,1,3,5-7,9,13-14H2/b12-11+/t15-,17+/m0/s1. The monoisotopic (exact) mass is 384 g/mol. The van der Waals surface area contributed by atoms with Crippen molar-refractivity contribution in [2.75, 3.05) is 13.2 Å². The van der Waals surface area contributed by atoms with Crippen LogP contribution in [0.3, 0.4) is 0 Å². The zero-order valence-corrected chi connectivity index (χ0v) is 16.1. The molecule has 5 nitrogen and oxygen atoms in total. The Morgan fingerprint density at radius 3 is 2.89 bits per heavy atom. The van der Waals surface area contributed by atoms with Crippen molar-refractivity contribution in [3.8, 4) is 0 Å². The molecular weight excluding hydrogens is 360 g/mol. The molecule has 142 valence electrons. The Bertz CT molecular complexity index is 825. The first-order valence-corrected chi connectivity index (χ1v) is 10.5. The summed E-state index contributed by atoms with van der Waals surface area (Å²) >= 11 is 1.52. The molecule has 1 saturated carbocycles. The predicted octanol–water partition coefficient (Wildman–Crippen LogP) is 4.03. The first-order valence-electron chi connectivity index (χ1n) is 9.70. The van der Waals surface area contributed by atoms with E-state index in [1.54, 1.807) is 6.08 Å². The molecule has 0 N–H and O–H groups in total. The number of fused-ring (bicyclic) bond motifs is 2. The smallest absolute Gasteiger partial charge is 0.331 e. The molecule has 1 aromatic heterocycles. The van der Waals surface area contributed by atoms with Gasteiger partial charge in [0, 0.05) is 18.7 Å². The largest absolute Gasteiger partial charge is 0.452 e. The fourth-order valence-corrected chi connectivity index (χ4v) is 5.17. The second-order valence-corrected chi connectivity index (χ2v) is 8.36. The van der Waals surface area contributed by atoms with E-state index in [4.69, 9.17) is 4.74 Å². The number of rotatable bonds is 4. The molecule has 0 spiro atoms. The van der Waals surface area contributed by atoms with Crippen molar-refractivity contribution in [1.29, 1.82) is 0 Å². The van der Waals surface area contributed by atoms with Gasteiger partial charge in [-0.25, -0.2) is 9.78 Å². The first kappa shape index (κ1) is 18.2. The van der Waals surface area contributed by atoms with E-state index in [2.05, 4.69) is 4.98 Å². The zero-order chi connectivity index (χ0) is 18.6. The van der Waals surface area contributed by atoms with Crippen LogP contribution in [0.5, 0.6) is 0 Å². The minimum absolute atomic E-state index is 0.0617. The number of thiazole rings is 1. The van der Waals surface area contributed by atoms with Crippen LogP contribution >= 0.6 is 11.3 Å². The van der Waals surface area contributed by atoms with Crippen LogP contribution in [0.2, 0.25) is 0 Å². The highest BCUT2D eigenvalue weighted by molar-refractivity contribution is 7.19. The fraction of sp³-hybridized carbons (Fsp3) is 0.476. The highest BCUT2D eigenvalue weighted by Gasteiger charge is 2.35. The van der Waals surface area contributed by atoms with E-state index >= 15 is 0 Å². The number of nitrogens with zero attached hydrogens (tertiary/aromatic N) is 2. The SMILES string of the molecule is O=C(/C=C/c1nc2ccccc2s1)OCC(=O)N1CCC[C@@H]2CCCC[C@H]21. The number of piperidine rings is 1. The van der Waals surface area contributed by atoms with E-state index in [0.717, 1.165) is 34.6 Å². The van der Waals surface area contributed by atoms with Gasteiger partial charge in [-0.3, -0.25) is 4.79 Å². The molecule has 2 aliphatic rings. The maximum atomic E-state index is 12.6. The van der Waals surface area contributed by atoms with Crippen LogP contribution in [0.15, 0.2) is 30.3 Å². The lowest BCUT2D eigenvalue weighted by atomic mass is 9.78. The topological polar surface area (TPSA) is 59.5 Å². The van der Waals surface area contributed by atoms with Crippen LogP contribution < -0.4 is 0 Å². The quantitative estimate of drug-likeness (QED) is 0.590. The Balaban J connectivity index is 1.31. The maximum Gasteiger partial charge on any atom is 0.331 e. The van der Waals surface area contributed by atoms with Gasteiger partial charge in [-0.2, -0.15) is 0 Å². The van der Waals surface area contributed by atoms with Gasteiger partial charge in [0.25, 0.3) is 5.91 Å². The highest BCUT2D eigenvalue weighted by atomic mass is 32.1. The Morgan fingerprint density at radius 1 is 1.19 bits per heavy atom. The molecule has 0 bridgehead atoms. The lowest BCUT2D eigenvalue weighted by Gasteiger charge is -2.44. The lowest BCUT2D eigenvalue weighted by molar-refractivity contribution is -0.151. The number of amides is 1. The predicted molar refractivity (Wildman–Crippen MR) is 106 cm³/mol. The Kier molecular flexibility index (Phi) is 5.53. The van der Waals surface area contributed by atoms with Crippen molar-refractivity contribution >= 4 is 39.5 Å². The average molecular weight is 385 g/mol. The number of para-hydroxylation sites is 1. The van der Waals surface area contributed by atoms with Gasteiger partial charge in [0.15, 0.2) is 6.61 Å². The summed E-state index contributed by atoms with van der Waals surface area (Å²) in [7, 11) is 0. The van der Waals surface area contributed by atoms with Crippen LogP contribution in [0, 0.1) is 5.92 Å². The van der Waals surface area contributed by atoms with E-state index in [-0.39, 0.29) is 12.5 Å². The molecule has 1 saturated heterocycles. The van der Waals surface area contributed by atoms with Crippen LogP contribution in [0.25, 0.3) is 16.3 Å². The molecule has 0 radical (unpaired) electrons. The Morgan fingerprint density at radius 2 is 2.00 bits per heavy atom. The molecule has 1 amide bonds. The number of esters is 1. The van der Waals surface area contributed by atoms with Crippen molar-refractivity contribution in [1.82, 2.24) is 9.88 Å². The number of hydrogen-bond acceptors (Lipinski definition) is 5. The molecule has 2 aromatic rings. The lowest BCUT2D eigenvalue weighted by Crippen LogP contribution is -2.50. The van der Waals surface area contributed by atoms with Gasteiger partial charge in [-0.1, -0.05) is 25.0 Å². The van der Waals surface area contributed by atoms with Crippen LogP contribution in [0.1, 0.15) is 43.5 Å². The van der Waals surface area contributed by atoms with Crippen molar-refractivity contribution in [2.24, 2.45) is 5.92 Å². The minimum Gasteiger partial charge on any atom is -0.452 e. The molecular formula is C21H24N2O3S. The molecule has 0 unspecified atom stereocenters. The average Bonchev–Trinajstić information content (AvgIpc) is 3.13. The van der Waals surface area contributed by atoms with Crippen molar-refractivity contribution < 1.29 is 14.3 Å². The van der Waals surface area contributed by atoms with Gasteiger partial charge in [-0.15, -0.1) is 11.3 Å². The van der Waals surface area contributed by atoms with E-state index in [1.807, 2.05) is 29.2 Å². The molecule has 1 aliphatic carbocycles. The molecule has 4 rings (SSSR count). The minimum atomic E-state index is -0.500. The van der Waals surface area contributed by atoms with Gasteiger partial charge in [-0.05, 0) is 49.8 Å². The second kappa shape index (κ2) is 8.21. The highest BCUT2D eigenvalue weighted by Crippen LogP contribution is 2.35. The molecule has 27 heavy (non-hydrogen) atoms. The van der Waals surface area contributed by atoms with Crippen LogP contribution in [-0.4, -0.2) is 41.0 Å². The third kappa shape index (κ3) is 4.21. The number of ether oxygens (including phenoxy) is 1. The number of aromatic nitrogens is 1. The van der Waals surface area contributed by atoms with Gasteiger partial charge in [0.1, 0.15) is 5.01 Å².